The number of hydrogen-bond acceptors (Lipinski definition) is 6. The fourth-order valence-electron chi connectivity index (χ4n) is 1.11. The molecule has 0 amide bonds. The first-order chi connectivity index (χ1) is 7.58. The highest BCUT2D eigenvalue weighted by Gasteiger charge is 2.11. The second-order valence-electron chi connectivity index (χ2n) is 2.98. The number of nitrogens with zero attached hydrogens (tertiary/aromatic N) is 2. The molecule has 1 aromatic rings. The van der Waals surface area contributed by atoms with Crippen molar-refractivity contribution in [1.29, 1.82) is 5.26 Å². The first-order valence-corrected chi connectivity index (χ1v) is 4.45. The monoisotopic (exact) mass is 221 g/mol. The molecule has 0 saturated carbocycles. The maximum absolute atomic E-state index is 10.9. The molecule has 0 aromatic carbocycles. The van der Waals surface area contributed by atoms with Crippen molar-refractivity contribution in [3.8, 4) is 11.8 Å². The van der Waals surface area contributed by atoms with Crippen LogP contribution in [0, 0.1) is 18.3 Å². The minimum atomic E-state index is -0.531. The number of nitrogen functional groups attached to an aromatic ring is 1. The van der Waals surface area contributed by atoms with Crippen molar-refractivity contribution in [2.75, 3.05) is 19.5 Å². The van der Waals surface area contributed by atoms with Gasteiger partial charge < -0.3 is 15.2 Å². The summed E-state index contributed by atoms with van der Waals surface area (Å²) in [6.07, 6.45) is 0. The van der Waals surface area contributed by atoms with Crippen molar-refractivity contribution in [3.05, 3.63) is 17.3 Å². The molecular weight excluding hydrogens is 210 g/mol. The molecule has 16 heavy (non-hydrogen) atoms. The SMILES string of the molecule is COC(=O)COc1cc(N)nc(C)c1C#N. The van der Waals surface area contributed by atoms with E-state index in [-0.39, 0.29) is 23.7 Å². The molecule has 0 aliphatic rings. The van der Waals surface area contributed by atoms with Gasteiger partial charge in [-0.15, -0.1) is 0 Å². The van der Waals surface area contributed by atoms with E-state index in [9.17, 15) is 4.79 Å². The van der Waals surface area contributed by atoms with Gasteiger partial charge in [-0.25, -0.2) is 9.78 Å². The highest BCUT2D eigenvalue weighted by Crippen LogP contribution is 2.22. The van der Waals surface area contributed by atoms with E-state index in [1.165, 1.54) is 13.2 Å². The number of nitriles is 1. The Morgan fingerprint density at radius 1 is 1.69 bits per heavy atom. The standard InChI is InChI=1S/C10H11N3O3/c1-6-7(4-11)8(3-9(12)13-6)16-5-10(14)15-2/h3H,5H2,1-2H3,(H2,12,13). The van der Waals surface area contributed by atoms with Crippen molar-refractivity contribution in [2.24, 2.45) is 0 Å². The second-order valence-corrected chi connectivity index (χ2v) is 2.98. The van der Waals surface area contributed by atoms with E-state index in [1.807, 2.05) is 6.07 Å². The van der Waals surface area contributed by atoms with Crippen molar-refractivity contribution in [2.45, 2.75) is 6.92 Å². The van der Waals surface area contributed by atoms with Crippen LogP contribution in [0.5, 0.6) is 5.75 Å². The molecule has 2 N–H and O–H groups in total. The molecule has 0 fully saturated rings. The predicted octanol–water partition coefficient (Wildman–Crippen LogP) is 0.396. The Bertz CT molecular complexity index is 451. The van der Waals surface area contributed by atoms with Crippen LogP contribution in [0.4, 0.5) is 5.82 Å². The topological polar surface area (TPSA) is 98.2 Å². The Morgan fingerprint density at radius 3 is 2.94 bits per heavy atom. The van der Waals surface area contributed by atoms with Crippen LogP contribution >= 0.6 is 0 Å². The summed E-state index contributed by atoms with van der Waals surface area (Å²) in [4.78, 5) is 14.8. The van der Waals surface area contributed by atoms with Crippen LogP contribution in [0.1, 0.15) is 11.3 Å². The van der Waals surface area contributed by atoms with Crippen molar-refractivity contribution in [3.63, 3.8) is 0 Å². The summed E-state index contributed by atoms with van der Waals surface area (Å²) in [7, 11) is 1.25. The molecule has 1 rings (SSSR count). The number of hydrogen-bond donors (Lipinski definition) is 1. The smallest absolute Gasteiger partial charge is 0.343 e. The number of esters is 1. The number of aromatic nitrogens is 1. The average Bonchev–Trinajstić information content (AvgIpc) is 2.25. The predicted molar refractivity (Wildman–Crippen MR) is 55.6 cm³/mol. The Morgan fingerprint density at radius 2 is 2.38 bits per heavy atom. The Balaban J connectivity index is 2.95. The number of aryl methyl sites for hydroxylation is 1. The zero-order valence-corrected chi connectivity index (χ0v) is 8.98. The minimum Gasteiger partial charge on any atom is -0.480 e. The van der Waals surface area contributed by atoms with Crippen molar-refractivity contribution >= 4 is 11.8 Å². The lowest BCUT2D eigenvalue weighted by atomic mass is 10.2. The van der Waals surface area contributed by atoms with E-state index < -0.39 is 5.97 Å². The van der Waals surface area contributed by atoms with Gasteiger partial charge in [0.05, 0.1) is 12.8 Å². The second kappa shape index (κ2) is 4.98. The summed E-state index contributed by atoms with van der Waals surface area (Å²) in [5, 5.41) is 8.89. The van der Waals surface area contributed by atoms with Gasteiger partial charge in [0.1, 0.15) is 23.2 Å². The summed E-state index contributed by atoms with van der Waals surface area (Å²) < 4.78 is 9.54. The summed E-state index contributed by atoms with van der Waals surface area (Å²) in [6, 6.07) is 3.33. The summed E-state index contributed by atoms with van der Waals surface area (Å²) >= 11 is 0. The highest BCUT2D eigenvalue weighted by molar-refractivity contribution is 5.71. The molecule has 1 aromatic heterocycles. The Labute approximate surface area is 92.6 Å². The van der Waals surface area contributed by atoms with E-state index in [1.54, 1.807) is 6.92 Å². The molecular formula is C10H11N3O3. The number of ether oxygens (including phenoxy) is 2. The minimum absolute atomic E-state index is 0.233. The number of pyridine rings is 1. The van der Waals surface area contributed by atoms with Gasteiger partial charge in [0.2, 0.25) is 0 Å². The van der Waals surface area contributed by atoms with Gasteiger partial charge >= 0.3 is 5.97 Å². The van der Waals surface area contributed by atoms with E-state index in [4.69, 9.17) is 15.7 Å². The maximum Gasteiger partial charge on any atom is 0.343 e. The maximum atomic E-state index is 10.9. The number of carbonyl (C=O) groups is 1. The summed E-state index contributed by atoms with van der Waals surface area (Å²) in [5.41, 5.74) is 6.23. The van der Waals surface area contributed by atoms with E-state index in [0.717, 1.165) is 0 Å². The third-order valence-electron chi connectivity index (χ3n) is 1.87. The summed E-state index contributed by atoms with van der Waals surface area (Å²) in [6.45, 7) is 1.37. The van der Waals surface area contributed by atoms with Crippen LogP contribution in [0.3, 0.4) is 0 Å². The van der Waals surface area contributed by atoms with Crippen LogP contribution in [-0.2, 0) is 9.53 Å². The molecule has 1 heterocycles. The van der Waals surface area contributed by atoms with E-state index in [2.05, 4.69) is 9.72 Å². The highest BCUT2D eigenvalue weighted by atomic mass is 16.6. The van der Waals surface area contributed by atoms with E-state index in [0.29, 0.717) is 5.69 Å². The van der Waals surface area contributed by atoms with Gasteiger partial charge in [-0.1, -0.05) is 0 Å². The Kier molecular flexibility index (Phi) is 3.67. The number of methoxy groups -OCH3 is 1. The molecule has 0 spiro atoms. The molecule has 84 valence electrons. The normalized spacial score (nSPS) is 9.31. The van der Waals surface area contributed by atoms with Crippen molar-refractivity contribution in [1.82, 2.24) is 4.98 Å². The fraction of sp³-hybridized carbons (Fsp3) is 0.300. The summed E-state index contributed by atoms with van der Waals surface area (Å²) in [5.74, 6) is -0.0637. The zero-order chi connectivity index (χ0) is 12.1. The fourth-order valence-corrected chi connectivity index (χ4v) is 1.11. The quantitative estimate of drug-likeness (QED) is 0.741. The van der Waals surface area contributed by atoms with Gasteiger partial charge in [-0.05, 0) is 6.92 Å². The number of nitrogens with two attached hydrogens (primary N) is 1. The Hall–Kier alpha value is -2.29. The van der Waals surface area contributed by atoms with Gasteiger partial charge in [-0.3, -0.25) is 0 Å². The van der Waals surface area contributed by atoms with Crippen LogP contribution in [0.25, 0.3) is 0 Å². The molecule has 6 nitrogen and oxygen atoms in total. The molecule has 0 atom stereocenters. The molecule has 0 bridgehead atoms. The van der Waals surface area contributed by atoms with E-state index >= 15 is 0 Å². The average molecular weight is 221 g/mol. The lowest BCUT2D eigenvalue weighted by Crippen LogP contribution is -2.13. The van der Waals surface area contributed by atoms with Gasteiger partial charge in [-0.2, -0.15) is 5.26 Å². The molecule has 0 aliphatic heterocycles. The number of rotatable bonds is 3. The lowest BCUT2D eigenvalue weighted by Gasteiger charge is -2.08. The largest absolute Gasteiger partial charge is 0.480 e. The van der Waals surface area contributed by atoms with Crippen LogP contribution in [0.2, 0.25) is 0 Å². The van der Waals surface area contributed by atoms with Crippen LogP contribution in [0.15, 0.2) is 6.07 Å². The molecule has 0 unspecified atom stereocenters. The van der Waals surface area contributed by atoms with Crippen LogP contribution < -0.4 is 10.5 Å². The number of anilines is 1. The first kappa shape index (κ1) is 11.8. The van der Waals surface area contributed by atoms with Gasteiger partial charge in [0.25, 0.3) is 0 Å². The lowest BCUT2D eigenvalue weighted by molar-refractivity contribution is -0.142. The number of carbonyl (C=O) groups excluding carboxylic acids is 1. The third-order valence-corrected chi connectivity index (χ3v) is 1.87. The molecule has 0 radical (unpaired) electrons. The van der Waals surface area contributed by atoms with Crippen molar-refractivity contribution < 1.29 is 14.3 Å². The molecule has 6 heteroatoms. The molecule has 0 aliphatic carbocycles. The van der Waals surface area contributed by atoms with Gasteiger partial charge in [0.15, 0.2) is 6.61 Å². The zero-order valence-electron chi connectivity index (χ0n) is 8.98. The van der Waals surface area contributed by atoms with Gasteiger partial charge in [0, 0.05) is 6.07 Å². The first-order valence-electron chi connectivity index (χ1n) is 4.45. The van der Waals surface area contributed by atoms with Crippen LogP contribution in [-0.4, -0.2) is 24.7 Å². The molecule has 0 saturated heterocycles. The third kappa shape index (κ3) is 2.60.